The third kappa shape index (κ3) is 5.05. The Labute approximate surface area is 201 Å². The highest BCUT2D eigenvalue weighted by Crippen LogP contribution is 2.28. The zero-order valence-corrected chi connectivity index (χ0v) is 20.0. The summed E-state index contributed by atoms with van der Waals surface area (Å²) in [6, 6.07) is 8.38. The molecular formula is C23H28FN5O4S. The van der Waals surface area contributed by atoms with E-state index in [9.17, 15) is 18.8 Å². The van der Waals surface area contributed by atoms with Gasteiger partial charge >= 0.3 is 6.03 Å². The number of fused-ring (bicyclic) bond motifs is 1. The van der Waals surface area contributed by atoms with Crippen LogP contribution in [0, 0.1) is 5.82 Å². The van der Waals surface area contributed by atoms with Gasteiger partial charge in [-0.3, -0.25) is 9.59 Å². The standard InChI is InChI=1S/C23H28FN5O4S/c1-26-15-21(30)28-19(9-11-34-2)22(31)27(13-18-4-3-10-33-18)14-20(28)29(26)23(32)25-12-16-5-7-17(24)8-6-16/h3-8,10,19-20H,9,11-15H2,1-2H3,(H,25,32)/t19-,20-/m0/s1. The molecule has 3 heterocycles. The number of hydrogen-bond donors (Lipinski definition) is 1. The lowest BCUT2D eigenvalue weighted by Crippen LogP contribution is -2.75. The molecule has 2 aliphatic rings. The van der Waals surface area contributed by atoms with Gasteiger partial charge in [0, 0.05) is 13.6 Å². The van der Waals surface area contributed by atoms with E-state index in [0.717, 1.165) is 5.56 Å². The van der Waals surface area contributed by atoms with Crippen molar-refractivity contribution in [3.05, 3.63) is 59.8 Å². The first-order chi connectivity index (χ1) is 16.4. The number of nitrogens with one attached hydrogen (secondary N) is 1. The van der Waals surface area contributed by atoms with E-state index >= 15 is 0 Å². The molecule has 0 unspecified atom stereocenters. The largest absolute Gasteiger partial charge is 0.467 e. The molecule has 2 atom stereocenters. The Morgan fingerprint density at radius 3 is 2.68 bits per heavy atom. The van der Waals surface area contributed by atoms with Gasteiger partial charge in [-0.15, -0.1) is 0 Å². The summed E-state index contributed by atoms with van der Waals surface area (Å²) >= 11 is 1.60. The minimum atomic E-state index is -0.658. The summed E-state index contributed by atoms with van der Waals surface area (Å²) in [5, 5.41) is 5.93. The van der Waals surface area contributed by atoms with E-state index in [1.807, 2.05) is 6.26 Å². The minimum Gasteiger partial charge on any atom is -0.467 e. The molecule has 34 heavy (non-hydrogen) atoms. The number of thioether (sulfide) groups is 1. The fourth-order valence-electron chi connectivity index (χ4n) is 4.41. The van der Waals surface area contributed by atoms with Crippen LogP contribution in [0.15, 0.2) is 47.1 Å². The predicted octanol–water partition coefficient (Wildman–Crippen LogP) is 2.11. The second kappa shape index (κ2) is 10.5. The van der Waals surface area contributed by atoms with Gasteiger partial charge in [-0.05, 0) is 48.3 Å². The van der Waals surface area contributed by atoms with E-state index < -0.39 is 18.2 Å². The number of carbonyl (C=O) groups is 3. The second-order valence-corrected chi connectivity index (χ2v) is 9.31. The Hall–Kier alpha value is -3.05. The Balaban J connectivity index is 1.57. The van der Waals surface area contributed by atoms with E-state index in [2.05, 4.69) is 5.32 Å². The van der Waals surface area contributed by atoms with Crippen molar-refractivity contribution in [2.45, 2.75) is 31.7 Å². The van der Waals surface area contributed by atoms with Gasteiger partial charge in [0.25, 0.3) is 0 Å². The van der Waals surface area contributed by atoms with E-state index in [0.29, 0.717) is 17.9 Å². The van der Waals surface area contributed by atoms with Crippen LogP contribution in [0.1, 0.15) is 17.7 Å². The molecule has 2 fully saturated rings. The highest BCUT2D eigenvalue weighted by Gasteiger charge is 2.50. The molecule has 0 saturated carbocycles. The van der Waals surface area contributed by atoms with Gasteiger partial charge in [0.05, 0.1) is 25.9 Å². The first kappa shape index (κ1) is 24.1. The molecule has 2 aromatic rings. The lowest BCUT2D eigenvalue weighted by Gasteiger charge is -2.54. The van der Waals surface area contributed by atoms with Crippen molar-refractivity contribution in [2.75, 3.05) is 32.1 Å². The Morgan fingerprint density at radius 1 is 1.24 bits per heavy atom. The van der Waals surface area contributed by atoms with Crippen LogP contribution < -0.4 is 5.32 Å². The summed E-state index contributed by atoms with van der Waals surface area (Å²) in [5.41, 5.74) is 0.749. The monoisotopic (exact) mass is 489 g/mol. The third-order valence-corrected chi connectivity index (χ3v) is 6.67. The fraction of sp³-hybridized carbons (Fsp3) is 0.435. The Kier molecular flexibility index (Phi) is 7.42. The molecule has 4 amide bonds. The SMILES string of the molecule is CSCC[C@H]1C(=O)N(Cc2ccco2)C[C@H]2N1C(=O)CN(C)N2C(=O)NCc1ccc(F)cc1. The fourth-order valence-corrected chi connectivity index (χ4v) is 4.86. The predicted molar refractivity (Wildman–Crippen MR) is 125 cm³/mol. The number of halogens is 1. The summed E-state index contributed by atoms with van der Waals surface area (Å²) in [6.45, 7) is 0.612. The maximum Gasteiger partial charge on any atom is 0.334 e. The number of hydrogen-bond acceptors (Lipinski definition) is 6. The molecule has 4 rings (SSSR count). The van der Waals surface area contributed by atoms with Crippen LogP contribution in [0.2, 0.25) is 0 Å². The van der Waals surface area contributed by atoms with Crippen molar-refractivity contribution in [1.82, 2.24) is 25.1 Å². The Morgan fingerprint density at radius 2 is 2.00 bits per heavy atom. The van der Waals surface area contributed by atoms with Gasteiger partial charge in [0.2, 0.25) is 11.8 Å². The Bertz CT molecular complexity index is 1020. The summed E-state index contributed by atoms with van der Waals surface area (Å²) in [7, 11) is 1.68. The number of likely N-dealkylation sites (N-methyl/N-ethyl adjacent to an activating group) is 1. The van der Waals surface area contributed by atoms with Crippen molar-refractivity contribution in [1.29, 1.82) is 0 Å². The molecule has 0 radical (unpaired) electrons. The van der Waals surface area contributed by atoms with E-state index in [1.165, 1.54) is 17.1 Å². The number of rotatable bonds is 7. The van der Waals surface area contributed by atoms with Crippen LogP contribution in [0.25, 0.3) is 0 Å². The van der Waals surface area contributed by atoms with E-state index in [-0.39, 0.29) is 43.8 Å². The summed E-state index contributed by atoms with van der Waals surface area (Å²) in [4.78, 5) is 42.9. The molecule has 11 heteroatoms. The molecule has 2 saturated heterocycles. The van der Waals surface area contributed by atoms with Crippen molar-refractivity contribution < 1.29 is 23.2 Å². The molecule has 0 bridgehead atoms. The van der Waals surface area contributed by atoms with Gasteiger partial charge in [0.15, 0.2) is 0 Å². The molecule has 1 aromatic carbocycles. The van der Waals surface area contributed by atoms with Gasteiger partial charge in [-0.25, -0.2) is 19.2 Å². The maximum absolute atomic E-state index is 13.4. The van der Waals surface area contributed by atoms with Crippen LogP contribution in [0.5, 0.6) is 0 Å². The van der Waals surface area contributed by atoms with Crippen LogP contribution in [-0.4, -0.2) is 82.0 Å². The van der Waals surface area contributed by atoms with Crippen LogP contribution >= 0.6 is 11.8 Å². The number of hydrazine groups is 1. The van der Waals surface area contributed by atoms with Crippen LogP contribution in [-0.2, 0) is 22.7 Å². The summed E-state index contributed by atoms with van der Waals surface area (Å²) in [5.74, 6) is 0.653. The summed E-state index contributed by atoms with van der Waals surface area (Å²) < 4.78 is 18.6. The van der Waals surface area contributed by atoms with Crippen molar-refractivity contribution in [2.24, 2.45) is 0 Å². The number of benzene rings is 1. The first-order valence-electron chi connectivity index (χ1n) is 11.0. The second-order valence-electron chi connectivity index (χ2n) is 8.32. The van der Waals surface area contributed by atoms with Gasteiger partial charge in [-0.2, -0.15) is 11.8 Å². The highest BCUT2D eigenvalue weighted by atomic mass is 32.2. The molecule has 0 aliphatic carbocycles. The normalized spacial score (nSPS) is 21.1. The number of urea groups is 1. The van der Waals surface area contributed by atoms with Crippen molar-refractivity contribution in [3.8, 4) is 0 Å². The highest BCUT2D eigenvalue weighted by molar-refractivity contribution is 7.98. The van der Waals surface area contributed by atoms with E-state index in [4.69, 9.17) is 4.42 Å². The van der Waals surface area contributed by atoms with Crippen molar-refractivity contribution in [3.63, 3.8) is 0 Å². The maximum atomic E-state index is 13.4. The molecule has 1 N–H and O–H groups in total. The number of furan rings is 1. The topological polar surface area (TPSA) is 89.3 Å². The lowest BCUT2D eigenvalue weighted by atomic mass is 10.0. The number of carbonyl (C=O) groups excluding carboxylic acids is 3. The number of piperazine rings is 1. The molecule has 1 aromatic heterocycles. The molecule has 9 nitrogen and oxygen atoms in total. The third-order valence-electron chi connectivity index (χ3n) is 6.03. The average Bonchev–Trinajstić information content (AvgIpc) is 3.32. The quantitative estimate of drug-likeness (QED) is 0.641. The first-order valence-corrected chi connectivity index (χ1v) is 12.4. The zero-order valence-electron chi connectivity index (χ0n) is 19.1. The summed E-state index contributed by atoms with van der Waals surface area (Å²) in [6.07, 6.45) is 3.34. The van der Waals surface area contributed by atoms with Gasteiger partial charge in [0.1, 0.15) is 23.8 Å². The van der Waals surface area contributed by atoms with Crippen LogP contribution in [0.4, 0.5) is 9.18 Å². The molecule has 182 valence electrons. The zero-order chi connectivity index (χ0) is 24.2. The lowest BCUT2D eigenvalue weighted by molar-refractivity contribution is -0.187. The van der Waals surface area contributed by atoms with Crippen molar-refractivity contribution >= 4 is 29.6 Å². The van der Waals surface area contributed by atoms with Crippen LogP contribution in [0.3, 0.4) is 0 Å². The molecule has 2 aliphatic heterocycles. The van der Waals surface area contributed by atoms with Gasteiger partial charge < -0.3 is 19.5 Å². The number of nitrogens with zero attached hydrogens (tertiary/aromatic N) is 4. The number of amides is 4. The molecular weight excluding hydrogens is 461 g/mol. The average molecular weight is 490 g/mol. The smallest absolute Gasteiger partial charge is 0.334 e. The minimum absolute atomic E-state index is 0.0122. The molecule has 0 spiro atoms. The van der Waals surface area contributed by atoms with Gasteiger partial charge in [-0.1, -0.05) is 12.1 Å². The van der Waals surface area contributed by atoms with E-state index in [1.54, 1.807) is 64.1 Å².